The van der Waals surface area contributed by atoms with Crippen molar-refractivity contribution in [2.45, 2.75) is 20.8 Å². The Bertz CT molecular complexity index is 402. The highest BCUT2D eigenvalue weighted by molar-refractivity contribution is 9.10. The van der Waals surface area contributed by atoms with E-state index in [-0.39, 0.29) is 12.5 Å². The zero-order valence-electron chi connectivity index (χ0n) is 11.2. The van der Waals surface area contributed by atoms with Crippen molar-refractivity contribution in [2.24, 2.45) is 5.92 Å². The molecule has 0 fully saturated rings. The van der Waals surface area contributed by atoms with Gasteiger partial charge in [0.1, 0.15) is 16.2 Å². The molecular formula is C12H19BrN4O. The van der Waals surface area contributed by atoms with Gasteiger partial charge < -0.3 is 10.2 Å². The monoisotopic (exact) mass is 314 g/mol. The molecule has 0 atom stereocenters. The first-order valence-electron chi connectivity index (χ1n) is 5.87. The lowest BCUT2D eigenvalue weighted by Crippen LogP contribution is -2.37. The molecule has 1 aromatic heterocycles. The van der Waals surface area contributed by atoms with Gasteiger partial charge in [0.25, 0.3) is 0 Å². The third-order valence-electron chi connectivity index (χ3n) is 2.27. The molecule has 1 aromatic rings. The summed E-state index contributed by atoms with van der Waals surface area (Å²) in [6.45, 7) is 6.93. The fraction of sp³-hybridized carbons (Fsp3) is 0.583. The van der Waals surface area contributed by atoms with Gasteiger partial charge >= 0.3 is 0 Å². The molecule has 0 aliphatic rings. The minimum atomic E-state index is -0.00131. The first kappa shape index (κ1) is 14.9. The second-order valence-corrected chi connectivity index (χ2v) is 5.46. The zero-order valence-corrected chi connectivity index (χ0v) is 12.8. The van der Waals surface area contributed by atoms with Crippen molar-refractivity contribution in [1.82, 2.24) is 15.3 Å². The molecule has 1 rings (SSSR count). The van der Waals surface area contributed by atoms with Gasteiger partial charge in [0.15, 0.2) is 0 Å². The smallest absolute Gasteiger partial charge is 0.239 e. The number of rotatable bonds is 5. The summed E-state index contributed by atoms with van der Waals surface area (Å²) < 4.78 is 0.722. The third-order valence-corrected chi connectivity index (χ3v) is 2.68. The van der Waals surface area contributed by atoms with E-state index >= 15 is 0 Å². The molecule has 0 unspecified atom stereocenters. The second-order valence-electron chi connectivity index (χ2n) is 4.65. The number of carbonyl (C=O) groups excluding carboxylic acids is 1. The van der Waals surface area contributed by atoms with E-state index in [0.29, 0.717) is 18.3 Å². The summed E-state index contributed by atoms with van der Waals surface area (Å²) >= 11 is 3.32. The van der Waals surface area contributed by atoms with Gasteiger partial charge in [0.05, 0.1) is 6.54 Å². The Morgan fingerprint density at radius 3 is 2.72 bits per heavy atom. The largest absolute Gasteiger partial charge is 0.354 e. The Kier molecular flexibility index (Phi) is 5.53. The molecule has 100 valence electrons. The van der Waals surface area contributed by atoms with Crippen LogP contribution in [0.2, 0.25) is 0 Å². The average molecular weight is 315 g/mol. The molecule has 0 saturated heterocycles. The summed E-state index contributed by atoms with van der Waals surface area (Å²) in [5.41, 5.74) is 0. The number of likely N-dealkylation sites (N-methyl/N-ethyl adjacent to an activating group) is 1. The Balaban J connectivity index is 2.59. The molecule has 5 nitrogen and oxygen atoms in total. The summed E-state index contributed by atoms with van der Waals surface area (Å²) in [4.78, 5) is 21.9. The van der Waals surface area contributed by atoms with Gasteiger partial charge in [-0.3, -0.25) is 4.79 Å². The van der Waals surface area contributed by atoms with E-state index in [4.69, 9.17) is 0 Å². The van der Waals surface area contributed by atoms with Crippen LogP contribution in [0.4, 0.5) is 5.82 Å². The molecule has 0 bridgehead atoms. The van der Waals surface area contributed by atoms with Gasteiger partial charge in [-0.2, -0.15) is 0 Å². The highest BCUT2D eigenvalue weighted by Gasteiger charge is 2.10. The molecule has 0 saturated carbocycles. The molecule has 18 heavy (non-hydrogen) atoms. The highest BCUT2D eigenvalue weighted by Crippen LogP contribution is 2.14. The van der Waals surface area contributed by atoms with Crippen molar-refractivity contribution in [3.8, 4) is 0 Å². The number of carbonyl (C=O) groups is 1. The van der Waals surface area contributed by atoms with Gasteiger partial charge in [-0.15, -0.1) is 0 Å². The number of nitrogens with zero attached hydrogens (tertiary/aromatic N) is 3. The van der Waals surface area contributed by atoms with Crippen LogP contribution in [0.25, 0.3) is 0 Å². The number of hydrogen-bond acceptors (Lipinski definition) is 4. The molecular weight excluding hydrogens is 296 g/mol. The quantitative estimate of drug-likeness (QED) is 0.841. The molecule has 0 aliphatic heterocycles. The number of nitrogens with one attached hydrogen (secondary N) is 1. The lowest BCUT2D eigenvalue weighted by atomic mass is 10.2. The normalized spacial score (nSPS) is 10.6. The van der Waals surface area contributed by atoms with Gasteiger partial charge in [0.2, 0.25) is 5.91 Å². The first-order chi connectivity index (χ1) is 8.38. The van der Waals surface area contributed by atoms with Crippen LogP contribution >= 0.6 is 15.9 Å². The van der Waals surface area contributed by atoms with Crippen LogP contribution in [0.1, 0.15) is 19.7 Å². The zero-order chi connectivity index (χ0) is 13.7. The number of halogens is 1. The number of amides is 1. The van der Waals surface area contributed by atoms with E-state index in [1.807, 2.05) is 14.0 Å². The lowest BCUT2D eigenvalue weighted by Gasteiger charge is -2.18. The summed E-state index contributed by atoms with van der Waals surface area (Å²) in [5, 5.41) is 2.88. The van der Waals surface area contributed by atoms with E-state index < -0.39 is 0 Å². The summed E-state index contributed by atoms with van der Waals surface area (Å²) in [7, 11) is 1.84. The van der Waals surface area contributed by atoms with Gasteiger partial charge in [-0.25, -0.2) is 9.97 Å². The predicted octanol–water partition coefficient (Wildman–Crippen LogP) is 1.76. The number of aromatic nitrogens is 2. The number of anilines is 1. The minimum absolute atomic E-state index is 0.00131. The van der Waals surface area contributed by atoms with Gasteiger partial charge in [-0.05, 0) is 28.8 Å². The molecule has 0 aliphatic carbocycles. The number of hydrogen-bond donors (Lipinski definition) is 1. The van der Waals surface area contributed by atoms with Gasteiger partial charge in [-0.1, -0.05) is 13.8 Å². The van der Waals surface area contributed by atoms with Crippen molar-refractivity contribution in [1.29, 1.82) is 0 Å². The molecule has 1 N–H and O–H groups in total. The fourth-order valence-electron chi connectivity index (χ4n) is 1.38. The van der Waals surface area contributed by atoms with Crippen molar-refractivity contribution in [3.05, 3.63) is 16.5 Å². The van der Waals surface area contributed by atoms with Crippen molar-refractivity contribution >= 4 is 27.7 Å². The molecule has 0 aromatic carbocycles. The van der Waals surface area contributed by atoms with Crippen molar-refractivity contribution < 1.29 is 4.79 Å². The predicted molar refractivity (Wildman–Crippen MR) is 75.6 cm³/mol. The summed E-state index contributed by atoms with van der Waals surface area (Å²) in [6, 6.07) is 1.79. The molecule has 6 heteroatoms. The fourth-order valence-corrected chi connectivity index (χ4v) is 1.84. The third kappa shape index (κ3) is 5.00. The van der Waals surface area contributed by atoms with Crippen molar-refractivity contribution in [2.75, 3.05) is 25.0 Å². The van der Waals surface area contributed by atoms with Crippen LogP contribution in [0, 0.1) is 12.8 Å². The highest BCUT2D eigenvalue weighted by atomic mass is 79.9. The minimum Gasteiger partial charge on any atom is -0.354 e. The van der Waals surface area contributed by atoms with Gasteiger partial charge in [0, 0.05) is 19.7 Å². The maximum atomic E-state index is 11.7. The van der Waals surface area contributed by atoms with Crippen LogP contribution in [0.5, 0.6) is 0 Å². The second kappa shape index (κ2) is 6.68. The maximum Gasteiger partial charge on any atom is 0.239 e. The van der Waals surface area contributed by atoms with Crippen LogP contribution in [-0.2, 0) is 4.79 Å². The average Bonchev–Trinajstić information content (AvgIpc) is 2.25. The summed E-state index contributed by atoms with van der Waals surface area (Å²) in [6.07, 6.45) is 0. The van der Waals surface area contributed by atoms with Crippen LogP contribution in [0.15, 0.2) is 10.7 Å². The Morgan fingerprint density at radius 2 is 2.17 bits per heavy atom. The van der Waals surface area contributed by atoms with Crippen LogP contribution in [-0.4, -0.2) is 36.0 Å². The van der Waals surface area contributed by atoms with E-state index in [1.165, 1.54) is 0 Å². The Labute approximate surface area is 116 Å². The molecule has 1 amide bonds. The topological polar surface area (TPSA) is 58.1 Å². The SMILES string of the molecule is Cc1nc(Br)cc(N(C)CC(=O)NCC(C)C)n1. The number of aryl methyl sites for hydroxylation is 1. The van der Waals surface area contributed by atoms with Crippen molar-refractivity contribution in [3.63, 3.8) is 0 Å². The molecule has 0 radical (unpaired) electrons. The first-order valence-corrected chi connectivity index (χ1v) is 6.66. The Hall–Kier alpha value is -1.17. The van der Waals surface area contributed by atoms with E-state index in [2.05, 4.69) is 45.1 Å². The lowest BCUT2D eigenvalue weighted by molar-refractivity contribution is -0.119. The summed E-state index contributed by atoms with van der Waals surface area (Å²) in [5.74, 6) is 1.86. The van der Waals surface area contributed by atoms with Crippen LogP contribution < -0.4 is 10.2 Å². The molecule has 0 spiro atoms. The van der Waals surface area contributed by atoms with E-state index in [1.54, 1.807) is 11.0 Å². The maximum absolute atomic E-state index is 11.7. The van der Waals surface area contributed by atoms with E-state index in [0.717, 1.165) is 10.4 Å². The Morgan fingerprint density at radius 1 is 1.50 bits per heavy atom. The standard InChI is InChI=1S/C12H19BrN4O/c1-8(2)6-14-12(18)7-17(4)11-5-10(13)15-9(3)16-11/h5,8H,6-7H2,1-4H3,(H,14,18). The molecule has 1 heterocycles. The van der Waals surface area contributed by atoms with Crippen LogP contribution in [0.3, 0.4) is 0 Å². The van der Waals surface area contributed by atoms with E-state index in [9.17, 15) is 4.79 Å².